The number of hydrogen-bond donors (Lipinski definition) is 1. The molecule has 0 spiro atoms. The molecule has 1 unspecified atom stereocenters. The van der Waals surface area contributed by atoms with Crippen LogP contribution in [0.3, 0.4) is 0 Å². The number of allylic oxidation sites excluding steroid dienone is 1. The van der Waals surface area contributed by atoms with Crippen molar-refractivity contribution in [3.63, 3.8) is 0 Å². The molecular formula is C13H23N. The number of nitrogens with one attached hydrogen (secondary N) is 1. The molecule has 0 aliphatic heterocycles. The van der Waals surface area contributed by atoms with Gasteiger partial charge in [0.05, 0.1) is 0 Å². The van der Waals surface area contributed by atoms with Crippen LogP contribution in [0.2, 0.25) is 0 Å². The lowest BCUT2D eigenvalue weighted by Crippen LogP contribution is -2.33. The highest BCUT2D eigenvalue weighted by atomic mass is 14.9. The van der Waals surface area contributed by atoms with Crippen molar-refractivity contribution in [3.8, 4) is 0 Å². The van der Waals surface area contributed by atoms with Crippen LogP contribution in [0.5, 0.6) is 0 Å². The van der Waals surface area contributed by atoms with Crippen LogP contribution >= 0.6 is 0 Å². The van der Waals surface area contributed by atoms with Gasteiger partial charge < -0.3 is 5.32 Å². The Morgan fingerprint density at radius 3 is 2.86 bits per heavy atom. The van der Waals surface area contributed by atoms with E-state index in [0.29, 0.717) is 11.5 Å². The van der Waals surface area contributed by atoms with Gasteiger partial charge in [-0.3, -0.25) is 0 Å². The van der Waals surface area contributed by atoms with Crippen molar-refractivity contribution in [1.82, 2.24) is 5.32 Å². The molecule has 14 heavy (non-hydrogen) atoms. The summed E-state index contributed by atoms with van der Waals surface area (Å²) in [7, 11) is 0. The molecule has 0 aromatic carbocycles. The number of rotatable bonds is 5. The molecular weight excluding hydrogens is 170 g/mol. The normalized spacial score (nSPS) is 29.1. The lowest BCUT2D eigenvalue weighted by molar-refractivity contribution is 0.392. The molecule has 2 aliphatic rings. The molecule has 1 saturated carbocycles. The van der Waals surface area contributed by atoms with Crippen LogP contribution in [0.15, 0.2) is 12.2 Å². The van der Waals surface area contributed by atoms with Crippen molar-refractivity contribution in [2.24, 2.45) is 5.41 Å². The third-order valence-electron chi connectivity index (χ3n) is 3.73. The highest BCUT2D eigenvalue weighted by Gasteiger charge is 2.41. The first-order chi connectivity index (χ1) is 6.85. The quantitative estimate of drug-likeness (QED) is 0.661. The second kappa shape index (κ2) is 4.48. The van der Waals surface area contributed by atoms with Gasteiger partial charge in [-0.2, -0.15) is 0 Å². The van der Waals surface area contributed by atoms with Gasteiger partial charge in [-0.25, -0.2) is 0 Å². The molecule has 0 radical (unpaired) electrons. The van der Waals surface area contributed by atoms with Crippen molar-refractivity contribution in [1.29, 1.82) is 0 Å². The maximum atomic E-state index is 3.72. The minimum absolute atomic E-state index is 0.679. The van der Waals surface area contributed by atoms with E-state index in [2.05, 4.69) is 24.4 Å². The molecule has 0 aromatic rings. The molecule has 1 heteroatoms. The smallest absolute Gasteiger partial charge is 0.0250 e. The van der Waals surface area contributed by atoms with Crippen LogP contribution in [0.4, 0.5) is 0 Å². The van der Waals surface area contributed by atoms with Crippen LogP contribution in [0.25, 0.3) is 0 Å². The average molecular weight is 193 g/mol. The second-order valence-corrected chi connectivity index (χ2v) is 5.10. The van der Waals surface area contributed by atoms with Crippen LogP contribution in [-0.4, -0.2) is 12.6 Å². The summed E-state index contributed by atoms with van der Waals surface area (Å²) >= 11 is 0. The minimum atomic E-state index is 0.679. The number of hydrogen-bond acceptors (Lipinski definition) is 1. The van der Waals surface area contributed by atoms with Crippen molar-refractivity contribution in [3.05, 3.63) is 12.2 Å². The molecule has 2 rings (SSSR count). The zero-order chi connectivity index (χ0) is 9.86. The van der Waals surface area contributed by atoms with E-state index in [1.165, 1.54) is 51.5 Å². The topological polar surface area (TPSA) is 12.0 Å². The zero-order valence-corrected chi connectivity index (χ0v) is 9.39. The van der Waals surface area contributed by atoms with Crippen LogP contribution in [0.1, 0.15) is 51.9 Å². The zero-order valence-electron chi connectivity index (χ0n) is 9.39. The monoisotopic (exact) mass is 193 g/mol. The summed E-state index contributed by atoms with van der Waals surface area (Å²) in [4.78, 5) is 0. The molecule has 2 aliphatic carbocycles. The van der Waals surface area contributed by atoms with E-state index in [4.69, 9.17) is 0 Å². The Kier molecular flexibility index (Phi) is 3.27. The molecule has 1 N–H and O–H groups in total. The van der Waals surface area contributed by atoms with E-state index in [1.807, 2.05) is 0 Å². The van der Waals surface area contributed by atoms with Gasteiger partial charge in [0.25, 0.3) is 0 Å². The molecule has 0 heterocycles. The van der Waals surface area contributed by atoms with Gasteiger partial charge >= 0.3 is 0 Å². The van der Waals surface area contributed by atoms with E-state index < -0.39 is 0 Å². The second-order valence-electron chi connectivity index (χ2n) is 5.10. The van der Waals surface area contributed by atoms with E-state index >= 15 is 0 Å². The van der Waals surface area contributed by atoms with Gasteiger partial charge in [-0.05, 0) is 43.9 Å². The van der Waals surface area contributed by atoms with Crippen LogP contribution in [-0.2, 0) is 0 Å². The Morgan fingerprint density at radius 1 is 1.43 bits per heavy atom. The fourth-order valence-electron chi connectivity index (χ4n) is 2.55. The van der Waals surface area contributed by atoms with Gasteiger partial charge in [0, 0.05) is 12.6 Å². The predicted molar refractivity (Wildman–Crippen MR) is 61.4 cm³/mol. The Balaban J connectivity index is 1.71. The minimum Gasteiger partial charge on any atom is -0.310 e. The SMILES string of the molecule is CCCC1(CNC2C=CCCC2)CC1. The highest BCUT2D eigenvalue weighted by Crippen LogP contribution is 2.49. The molecule has 1 atom stereocenters. The summed E-state index contributed by atoms with van der Waals surface area (Å²) in [6.07, 6.45) is 14.4. The van der Waals surface area contributed by atoms with Gasteiger partial charge in [0.1, 0.15) is 0 Å². The summed E-state index contributed by atoms with van der Waals surface area (Å²) in [6.45, 7) is 3.57. The Bertz CT molecular complexity index is 203. The lowest BCUT2D eigenvalue weighted by Gasteiger charge is -2.22. The summed E-state index contributed by atoms with van der Waals surface area (Å²) in [5.41, 5.74) is 0.708. The Labute approximate surface area is 88.0 Å². The molecule has 1 fully saturated rings. The van der Waals surface area contributed by atoms with E-state index in [9.17, 15) is 0 Å². The van der Waals surface area contributed by atoms with Crippen LogP contribution < -0.4 is 5.32 Å². The first-order valence-electron chi connectivity index (χ1n) is 6.25. The summed E-state index contributed by atoms with van der Waals surface area (Å²) in [5.74, 6) is 0. The van der Waals surface area contributed by atoms with Gasteiger partial charge in [-0.15, -0.1) is 0 Å². The van der Waals surface area contributed by atoms with E-state index in [-0.39, 0.29) is 0 Å². The van der Waals surface area contributed by atoms with Gasteiger partial charge in [0.15, 0.2) is 0 Å². The molecule has 0 amide bonds. The predicted octanol–water partition coefficient (Wildman–Crippen LogP) is 3.27. The fourth-order valence-corrected chi connectivity index (χ4v) is 2.55. The first-order valence-corrected chi connectivity index (χ1v) is 6.25. The fraction of sp³-hybridized carbons (Fsp3) is 0.846. The Morgan fingerprint density at radius 2 is 2.29 bits per heavy atom. The Hall–Kier alpha value is -0.300. The van der Waals surface area contributed by atoms with Crippen molar-refractivity contribution >= 4 is 0 Å². The molecule has 0 aromatic heterocycles. The van der Waals surface area contributed by atoms with Gasteiger partial charge in [-0.1, -0.05) is 25.5 Å². The molecule has 0 saturated heterocycles. The average Bonchev–Trinajstić information content (AvgIpc) is 2.98. The van der Waals surface area contributed by atoms with Crippen molar-refractivity contribution in [2.45, 2.75) is 57.9 Å². The largest absolute Gasteiger partial charge is 0.310 e. The maximum absolute atomic E-state index is 3.72. The summed E-state index contributed by atoms with van der Waals surface area (Å²) in [5, 5.41) is 3.72. The molecule has 80 valence electrons. The highest BCUT2D eigenvalue weighted by molar-refractivity contribution is 5.01. The summed E-state index contributed by atoms with van der Waals surface area (Å²) in [6, 6.07) is 0.679. The molecule has 1 nitrogen and oxygen atoms in total. The third-order valence-corrected chi connectivity index (χ3v) is 3.73. The third kappa shape index (κ3) is 2.60. The first kappa shape index (κ1) is 10.2. The van der Waals surface area contributed by atoms with Crippen molar-refractivity contribution in [2.75, 3.05) is 6.54 Å². The van der Waals surface area contributed by atoms with Gasteiger partial charge in [0.2, 0.25) is 0 Å². The summed E-state index contributed by atoms with van der Waals surface area (Å²) < 4.78 is 0. The molecule has 0 bridgehead atoms. The maximum Gasteiger partial charge on any atom is 0.0250 e. The lowest BCUT2D eigenvalue weighted by atomic mass is 9.98. The van der Waals surface area contributed by atoms with E-state index in [1.54, 1.807) is 0 Å². The van der Waals surface area contributed by atoms with E-state index in [0.717, 1.165) is 0 Å². The standard InChI is InChI=1S/C13H23N/c1-2-8-13(9-10-13)11-14-12-6-4-3-5-7-12/h4,6,12,14H,2-3,5,7-11H2,1H3. The van der Waals surface area contributed by atoms with Crippen LogP contribution in [0, 0.1) is 5.41 Å². The van der Waals surface area contributed by atoms with Crippen molar-refractivity contribution < 1.29 is 0 Å².